The van der Waals surface area contributed by atoms with E-state index in [2.05, 4.69) is 22.4 Å². The molecule has 1 heterocycles. The lowest BCUT2D eigenvalue weighted by atomic mass is 10.1. The lowest BCUT2D eigenvalue weighted by molar-refractivity contribution is 0.419. The van der Waals surface area contributed by atoms with Crippen molar-refractivity contribution in [3.63, 3.8) is 0 Å². The van der Waals surface area contributed by atoms with Gasteiger partial charge in [-0.25, -0.2) is 4.98 Å². The summed E-state index contributed by atoms with van der Waals surface area (Å²) >= 11 is 0. The van der Waals surface area contributed by atoms with E-state index in [1.165, 1.54) is 0 Å². The molecule has 2 aromatic carbocycles. The molecule has 0 bridgehead atoms. The summed E-state index contributed by atoms with van der Waals surface area (Å²) in [7, 11) is 1.67. The highest BCUT2D eigenvalue weighted by Crippen LogP contribution is 2.31. The lowest BCUT2D eigenvalue weighted by Gasteiger charge is -2.12. The summed E-state index contributed by atoms with van der Waals surface area (Å²) in [5.41, 5.74) is 3.94. The number of benzene rings is 2. The van der Waals surface area contributed by atoms with Crippen LogP contribution in [-0.2, 0) is 0 Å². The molecule has 0 aliphatic heterocycles. The molecule has 1 N–H and O–H groups in total. The molecule has 108 valence electrons. The third-order valence-corrected chi connectivity index (χ3v) is 3.20. The van der Waals surface area contributed by atoms with Crippen LogP contribution in [0, 0.1) is 6.92 Å². The van der Waals surface area contributed by atoms with Crippen LogP contribution < -0.4 is 10.1 Å². The minimum absolute atomic E-state index is 0. The fourth-order valence-electron chi connectivity index (χ4n) is 2.30. The Morgan fingerprint density at radius 3 is 2.48 bits per heavy atom. The standard InChI is InChI=1S/C17H16N2O.ClH/c1-12-11-15(19-13-7-4-3-5-8-13)14-9-6-10-16(20-2)17(14)18-12;/h3-11H,1-2H3,(H,18,19);1H. The quantitative estimate of drug-likeness (QED) is 0.760. The Morgan fingerprint density at radius 2 is 1.76 bits per heavy atom. The van der Waals surface area contributed by atoms with Gasteiger partial charge in [-0.05, 0) is 31.2 Å². The van der Waals surface area contributed by atoms with E-state index in [0.717, 1.165) is 33.7 Å². The third-order valence-electron chi connectivity index (χ3n) is 3.20. The first kappa shape index (κ1) is 15.1. The number of fused-ring (bicyclic) bond motifs is 1. The topological polar surface area (TPSA) is 34.1 Å². The van der Waals surface area contributed by atoms with Crippen LogP contribution in [-0.4, -0.2) is 12.1 Å². The van der Waals surface area contributed by atoms with Crippen LogP contribution in [0.2, 0.25) is 0 Å². The largest absolute Gasteiger partial charge is 0.494 e. The molecule has 0 spiro atoms. The molecular formula is C17H17ClN2O. The number of methoxy groups -OCH3 is 1. The predicted octanol–water partition coefficient (Wildman–Crippen LogP) is 4.72. The molecule has 4 heteroatoms. The number of anilines is 2. The number of hydrogen-bond acceptors (Lipinski definition) is 3. The van der Waals surface area contributed by atoms with Crippen molar-refractivity contribution in [1.29, 1.82) is 0 Å². The Bertz CT molecular complexity index is 744. The van der Waals surface area contributed by atoms with Gasteiger partial charge in [-0.2, -0.15) is 0 Å². The summed E-state index contributed by atoms with van der Waals surface area (Å²) in [6, 6.07) is 18.1. The number of aryl methyl sites for hydroxylation is 1. The van der Waals surface area contributed by atoms with Crippen molar-refractivity contribution in [2.75, 3.05) is 12.4 Å². The minimum atomic E-state index is 0. The number of aromatic nitrogens is 1. The Morgan fingerprint density at radius 1 is 1.00 bits per heavy atom. The van der Waals surface area contributed by atoms with E-state index in [1.54, 1.807) is 7.11 Å². The molecule has 0 saturated carbocycles. The van der Waals surface area contributed by atoms with E-state index >= 15 is 0 Å². The third kappa shape index (κ3) is 3.09. The molecule has 0 aliphatic carbocycles. The summed E-state index contributed by atoms with van der Waals surface area (Å²) in [6.45, 7) is 1.99. The van der Waals surface area contributed by atoms with Crippen molar-refractivity contribution in [1.82, 2.24) is 4.98 Å². The molecule has 0 atom stereocenters. The molecular weight excluding hydrogens is 284 g/mol. The summed E-state index contributed by atoms with van der Waals surface area (Å²) < 4.78 is 5.40. The Labute approximate surface area is 130 Å². The van der Waals surface area contributed by atoms with E-state index in [1.807, 2.05) is 49.4 Å². The molecule has 0 amide bonds. The first-order chi connectivity index (χ1) is 9.78. The Balaban J connectivity index is 0.00000161. The Hall–Kier alpha value is -2.26. The average Bonchev–Trinajstić information content (AvgIpc) is 2.47. The van der Waals surface area contributed by atoms with Gasteiger partial charge >= 0.3 is 0 Å². The second-order valence-electron chi connectivity index (χ2n) is 4.66. The fraction of sp³-hybridized carbons (Fsp3) is 0.118. The molecule has 0 aliphatic rings. The number of nitrogens with one attached hydrogen (secondary N) is 1. The predicted molar refractivity (Wildman–Crippen MR) is 90.0 cm³/mol. The molecule has 1 aromatic heterocycles. The lowest BCUT2D eigenvalue weighted by Crippen LogP contribution is -1.96. The first-order valence-corrected chi connectivity index (χ1v) is 6.54. The molecule has 3 rings (SSSR count). The number of para-hydroxylation sites is 2. The van der Waals surface area contributed by atoms with Gasteiger partial charge in [-0.3, -0.25) is 0 Å². The highest BCUT2D eigenvalue weighted by Gasteiger charge is 2.08. The highest BCUT2D eigenvalue weighted by molar-refractivity contribution is 5.96. The van der Waals surface area contributed by atoms with Crippen molar-refractivity contribution < 1.29 is 4.74 Å². The monoisotopic (exact) mass is 300 g/mol. The molecule has 0 fully saturated rings. The van der Waals surface area contributed by atoms with E-state index in [0.29, 0.717) is 0 Å². The Kier molecular flexibility index (Phi) is 4.66. The zero-order valence-corrected chi connectivity index (χ0v) is 12.8. The SMILES string of the molecule is COc1cccc2c(Nc3ccccc3)cc(C)nc12.Cl. The van der Waals surface area contributed by atoms with Crippen molar-refractivity contribution in [3.8, 4) is 5.75 Å². The smallest absolute Gasteiger partial charge is 0.145 e. The molecule has 0 radical (unpaired) electrons. The van der Waals surface area contributed by atoms with Crippen LogP contribution in [0.5, 0.6) is 5.75 Å². The number of pyridine rings is 1. The maximum absolute atomic E-state index is 5.40. The molecule has 21 heavy (non-hydrogen) atoms. The maximum atomic E-state index is 5.40. The average molecular weight is 301 g/mol. The van der Waals surface area contributed by atoms with Gasteiger partial charge in [0.2, 0.25) is 0 Å². The minimum Gasteiger partial charge on any atom is -0.494 e. The van der Waals surface area contributed by atoms with Gasteiger partial charge in [0.25, 0.3) is 0 Å². The van der Waals surface area contributed by atoms with Crippen molar-refractivity contribution >= 4 is 34.7 Å². The van der Waals surface area contributed by atoms with E-state index in [9.17, 15) is 0 Å². The van der Waals surface area contributed by atoms with Crippen LogP contribution in [0.4, 0.5) is 11.4 Å². The fourth-order valence-corrected chi connectivity index (χ4v) is 2.30. The van der Waals surface area contributed by atoms with Crippen LogP contribution in [0.15, 0.2) is 54.6 Å². The number of halogens is 1. The van der Waals surface area contributed by atoms with Gasteiger partial charge in [-0.15, -0.1) is 12.4 Å². The summed E-state index contributed by atoms with van der Waals surface area (Å²) in [5, 5.41) is 4.50. The summed E-state index contributed by atoms with van der Waals surface area (Å²) in [5.74, 6) is 0.794. The molecule has 3 aromatic rings. The molecule has 3 nitrogen and oxygen atoms in total. The van der Waals surface area contributed by atoms with Gasteiger partial charge in [0.05, 0.1) is 7.11 Å². The van der Waals surface area contributed by atoms with E-state index < -0.39 is 0 Å². The summed E-state index contributed by atoms with van der Waals surface area (Å²) in [6.07, 6.45) is 0. The maximum Gasteiger partial charge on any atom is 0.145 e. The second kappa shape index (κ2) is 6.46. The van der Waals surface area contributed by atoms with Crippen LogP contribution in [0.3, 0.4) is 0 Å². The number of hydrogen-bond donors (Lipinski definition) is 1. The number of ether oxygens (including phenoxy) is 1. The van der Waals surface area contributed by atoms with Gasteiger partial charge < -0.3 is 10.1 Å². The highest BCUT2D eigenvalue weighted by atomic mass is 35.5. The zero-order chi connectivity index (χ0) is 13.9. The van der Waals surface area contributed by atoms with E-state index in [4.69, 9.17) is 4.74 Å². The zero-order valence-electron chi connectivity index (χ0n) is 12.0. The normalized spacial score (nSPS) is 10.0. The number of rotatable bonds is 3. The molecule has 0 unspecified atom stereocenters. The van der Waals surface area contributed by atoms with Gasteiger partial charge in [-0.1, -0.05) is 30.3 Å². The van der Waals surface area contributed by atoms with Crippen LogP contribution >= 0.6 is 12.4 Å². The summed E-state index contributed by atoms with van der Waals surface area (Å²) in [4.78, 5) is 4.58. The van der Waals surface area contributed by atoms with Crippen molar-refractivity contribution in [2.24, 2.45) is 0 Å². The van der Waals surface area contributed by atoms with Crippen molar-refractivity contribution in [3.05, 3.63) is 60.3 Å². The van der Waals surface area contributed by atoms with Gasteiger partial charge in [0.15, 0.2) is 0 Å². The van der Waals surface area contributed by atoms with Gasteiger partial charge in [0.1, 0.15) is 11.3 Å². The van der Waals surface area contributed by atoms with Crippen molar-refractivity contribution in [2.45, 2.75) is 6.92 Å². The van der Waals surface area contributed by atoms with Crippen LogP contribution in [0.25, 0.3) is 10.9 Å². The first-order valence-electron chi connectivity index (χ1n) is 6.54. The van der Waals surface area contributed by atoms with E-state index in [-0.39, 0.29) is 12.4 Å². The number of nitrogens with zero attached hydrogens (tertiary/aromatic N) is 1. The van der Waals surface area contributed by atoms with Crippen LogP contribution in [0.1, 0.15) is 5.69 Å². The van der Waals surface area contributed by atoms with Gasteiger partial charge in [0, 0.05) is 22.5 Å². The second-order valence-corrected chi connectivity index (χ2v) is 4.66. The molecule has 0 saturated heterocycles.